The van der Waals surface area contributed by atoms with Gasteiger partial charge in [0.15, 0.2) is 0 Å². The summed E-state index contributed by atoms with van der Waals surface area (Å²) in [5.41, 5.74) is 1.78. The summed E-state index contributed by atoms with van der Waals surface area (Å²) in [6.07, 6.45) is 3.63. The van der Waals surface area contributed by atoms with E-state index in [1.165, 1.54) is 7.11 Å². The van der Waals surface area contributed by atoms with Crippen LogP contribution in [0.25, 0.3) is 0 Å². The highest BCUT2D eigenvalue weighted by molar-refractivity contribution is 5.87. The highest BCUT2D eigenvalue weighted by atomic mass is 16.5. The first-order valence-electron chi connectivity index (χ1n) is 3.48. The highest BCUT2D eigenvalue weighted by Crippen LogP contribution is 1.98. The average molecular weight is 154 g/mol. The fourth-order valence-corrected chi connectivity index (χ4v) is 0.521. The Hall–Kier alpha value is -1.05. The van der Waals surface area contributed by atoms with Crippen LogP contribution in [0.2, 0.25) is 0 Å². The molecule has 0 aromatic heterocycles. The Bertz CT molecular complexity index is 196. The van der Waals surface area contributed by atoms with E-state index in [9.17, 15) is 4.79 Å². The third-order valence-electron chi connectivity index (χ3n) is 1.17. The molecule has 0 saturated heterocycles. The molecule has 0 aliphatic carbocycles. The second-order valence-corrected chi connectivity index (χ2v) is 2.59. The number of hydrogen-bond donors (Lipinski definition) is 0. The van der Waals surface area contributed by atoms with Crippen LogP contribution in [0.5, 0.6) is 0 Å². The van der Waals surface area contributed by atoms with Crippen molar-refractivity contribution in [3.63, 3.8) is 0 Å². The summed E-state index contributed by atoms with van der Waals surface area (Å²) >= 11 is 0. The third-order valence-corrected chi connectivity index (χ3v) is 1.17. The molecule has 0 aromatic rings. The predicted octanol–water partition coefficient (Wildman–Crippen LogP) is 2.07. The second-order valence-electron chi connectivity index (χ2n) is 2.59. The van der Waals surface area contributed by atoms with Gasteiger partial charge < -0.3 is 4.74 Å². The Morgan fingerprint density at radius 1 is 1.18 bits per heavy atom. The Labute approximate surface area is 67.6 Å². The maximum absolute atomic E-state index is 10.8. The molecule has 2 nitrogen and oxygen atoms in total. The van der Waals surface area contributed by atoms with Gasteiger partial charge >= 0.3 is 5.97 Å². The SMILES string of the molecule is COC(=O)/C(C)=C/C=C(C)C. The molecule has 0 radical (unpaired) electrons. The molecule has 0 spiro atoms. The zero-order valence-corrected chi connectivity index (χ0v) is 7.47. The fourth-order valence-electron chi connectivity index (χ4n) is 0.521. The lowest BCUT2D eigenvalue weighted by Gasteiger charge is -1.95. The van der Waals surface area contributed by atoms with Gasteiger partial charge in [-0.25, -0.2) is 4.79 Å². The van der Waals surface area contributed by atoms with E-state index in [1.54, 1.807) is 13.0 Å². The lowest BCUT2D eigenvalue weighted by atomic mass is 10.2. The van der Waals surface area contributed by atoms with E-state index >= 15 is 0 Å². The molecular weight excluding hydrogens is 140 g/mol. The Kier molecular flexibility index (Phi) is 4.27. The molecule has 0 heterocycles. The van der Waals surface area contributed by atoms with Crippen molar-refractivity contribution in [3.8, 4) is 0 Å². The fraction of sp³-hybridized carbons (Fsp3) is 0.444. The van der Waals surface area contributed by atoms with Gasteiger partial charge in [-0.3, -0.25) is 0 Å². The van der Waals surface area contributed by atoms with E-state index in [2.05, 4.69) is 4.74 Å². The summed E-state index contributed by atoms with van der Waals surface area (Å²) in [6, 6.07) is 0. The number of methoxy groups -OCH3 is 1. The van der Waals surface area contributed by atoms with Crippen LogP contribution < -0.4 is 0 Å². The van der Waals surface area contributed by atoms with Gasteiger partial charge in [0.2, 0.25) is 0 Å². The van der Waals surface area contributed by atoms with E-state index in [0.717, 1.165) is 5.57 Å². The molecule has 0 fully saturated rings. The van der Waals surface area contributed by atoms with E-state index in [-0.39, 0.29) is 5.97 Å². The minimum Gasteiger partial charge on any atom is -0.466 e. The van der Waals surface area contributed by atoms with Crippen molar-refractivity contribution in [1.82, 2.24) is 0 Å². The Morgan fingerprint density at radius 2 is 1.73 bits per heavy atom. The third kappa shape index (κ3) is 4.37. The molecule has 62 valence electrons. The average Bonchev–Trinajstić information content (AvgIpc) is 1.98. The minimum atomic E-state index is -0.275. The van der Waals surface area contributed by atoms with Gasteiger partial charge in [-0.15, -0.1) is 0 Å². The largest absolute Gasteiger partial charge is 0.466 e. The monoisotopic (exact) mass is 154 g/mol. The minimum absolute atomic E-state index is 0.275. The summed E-state index contributed by atoms with van der Waals surface area (Å²) in [7, 11) is 1.38. The number of rotatable bonds is 2. The number of carbonyl (C=O) groups is 1. The summed E-state index contributed by atoms with van der Waals surface area (Å²) in [6.45, 7) is 5.67. The quantitative estimate of drug-likeness (QED) is 0.346. The molecule has 0 rings (SSSR count). The highest BCUT2D eigenvalue weighted by Gasteiger charge is 1.99. The van der Waals surface area contributed by atoms with Crippen molar-refractivity contribution in [3.05, 3.63) is 23.3 Å². The zero-order valence-electron chi connectivity index (χ0n) is 7.47. The topological polar surface area (TPSA) is 26.3 Å². The van der Waals surface area contributed by atoms with Crippen LogP contribution in [0.4, 0.5) is 0 Å². The van der Waals surface area contributed by atoms with Gasteiger partial charge in [0.1, 0.15) is 0 Å². The van der Waals surface area contributed by atoms with E-state index in [1.807, 2.05) is 19.9 Å². The van der Waals surface area contributed by atoms with Crippen LogP contribution in [-0.4, -0.2) is 13.1 Å². The van der Waals surface area contributed by atoms with Crippen LogP contribution >= 0.6 is 0 Å². The van der Waals surface area contributed by atoms with Gasteiger partial charge in [-0.05, 0) is 20.8 Å². The maximum atomic E-state index is 10.8. The number of allylic oxidation sites excluding steroid dienone is 3. The molecule has 0 aliphatic rings. The molecule has 0 atom stereocenters. The first-order valence-corrected chi connectivity index (χ1v) is 3.48. The summed E-state index contributed by atoms with van der Waals surface area (Å²) in [4.78, 5) is 10.8. The molecule has 0 N–H and O–H groups in total. The molecule has 0 aliphatic heterocycles. The summed E-state index contributed by atoms with van der Waals surface area (Å²) in [5, 5.41) is 0. The van der Waals surface area contributed by atoms with Crippen molar-refractivity contribution < 1.29 is 9.53 Å². The number of hydrogen-bond acceptors (Lipinski definition) is 2. The van der Waals surface area contributed by atoms with Gasteiger partial charge in [-0.1, -0.05) is 17.7 Å². The summed E-state index contributed by atoms with van der Waals surface area (Å²) < 4.78 is 4.51. The standard InChI is InChI=1S/C9H14O2/c1-7(2)5-6-8(3)9(10)11-4/h5-6H,1-4H3/b8-6+. The number of carbonyl (C=O) groups excluding carboxylic acids is 1. The first-order chi connectivity index (χ1) is 5.07. The second kappa shape index (κ2) is 4.72. The van der Waals surface area contributed by atoms with Gasteiger partial charge in [0, 0.05) is 5.57 Å². The van der Waals surface area contributed by atoms with Crippen LogP contribution in [0.15, 0.2) is 23.3 Å². The molecule has 0 amide bonds. The van der Waals surface area contributed by atoms with Gasteiger partial charge in [0.25, 0.3) is 0 Å². The summed E-state index contributed by atoms with van der Waals surface area (Å²) in [5.74, 6) is -0.275. The van der Waals surface area contributed by atoms with Crippen LogP contribution in [0, 0.1) is 0 Å². The van der Waals surface area contributed by atoms with Crippen molar-refractivity contribution in [2.75, 3.05) is 7.11 Å². The van der Waals surface area contributed by atoms with Crippen molar-refractivity contribution in [2.24, 2.45) is 0 Å². The van der Waals surface area contributed by atoms with Crippen molar-refractivity contribution in [2.45, 2.75) is 20.8 Å². The van der Waals surface area contributed by atoms with Gasteiger partial charge in [0.05, 0.1) is 7.11 Å². The molecule has 0 saturated carbocycles. The lowest BCUT2D eigenvalue weighted by molar-refractivity contribution is -0.136. The Morgan fingerprint density at radius 3 is 2.09 bits per heavy atom. The van der Waals surface area contributed by atoms with Crippen molar-refractivity contribution >= 4 is 5.97 Å². The molecule has 0 bridgehead atoms. The van der Waals surface area contributed by atoms with Crippen LogP contribution in [0.3, 0.4) is 0 Å². The lowest BCUT2D eigenvalue weighted by Crippen LogP contribution is -2.00. The maximum Gasteiger partial charge on any atom is 0.333 e. The number of ether oxygens (including phenoxy) is 1. The predicted molar refractivity (Wildman–Crippen MR) is 45.2 cm³/mol. The van der Waals surface area contributed by atoms with Crippen molar-refractivity contribution in [1.29, 1.82) is 0 Å². The Balaban J connectivity index is 4.23. The molecule has 11 heavy (non-hydrogen) atoms. The molecule has 0 unspecified atom stereocenters. The first kappa shape index (κ1) is 9.95. The van der Waals surface area contributed by atoms with E-state index < -0.39 is 0 Å². The van der Waals surface area contributed by atoms with Crippen LogP contribution in [0.1, 0.15) is 20.8 Å². The van der Waals surface area contributed by atoms with Crippen LogP contribution in [-0.2, 0) is 9.53 Å². The zero-order chi connectivity index (χ0) is 8.85. The molecule has 2 heteroatoms. The van der Waals surface area contributed by atoms with E-state index in [0.29, 0.717) is 5.57 Å². The number of esters is 1. The molecular formula is C9H14O2. The smallest absolute Gasteiger partial charge is 0.333 e. The van der Waals surface area contributed by atoms with Gasteiger partial charge in [-0.2, -0.15) is 0 Å². The molecule has 0 aromatic carbocycles. The normalized spacial score (nSPS) is 10.7. The van der Waals surface area contributed by atoms with E-state index in [4.69, 9.17) is 0 Å².